The maximum atomic E-state index is 12.7. The second-order valence-electron chi connectivity index (χ2n) is 9.00. The predicted molar refractivity (Wildman–Crippen MR) is 140 cm³/mol. The largest absolute Gasteiger partial charge is 0.457 e. The van der Waals surface area contributed by atoms with E-state index in [1.807, 2.05) is 30.3 Å². The van der Waals surface area contributed by atoms with Gasteiger partial charge in [0.2, 0.25) is 11.8 Å². The first kappa shape index (κ1) is 25.5. The molecule has 1 saturated heterocycles. The number of primary amides is 1. The number of likely N-dealkylation sites (N-methyl/N-ethyl adjacent to an activating group) is 1. The van der Waals surface area contributed by atoms with Crippen LogP contribution in [0.2, 0.25) is 0 Å². The first-order chi connectivity index (χ1) is 17.7. The van der Waals surface area contributed by atoms with Gasteiger partial charge in [-0.3, -0.25) is 14.4 Å². The summed E-state index contributed by atoms with van der Waals surface area (Å²) in [6.45, 7) is 0.891. The third-order valence-corrected chi connectivity index (χ3v) is 6.16. The number of hydrogen-bond donors (Lipinski definition) is 2. The molecule has 1 fully saturated rings. The zero-order chi connectivity index (χ0) is 26.5. The molecular formula is C27H30N6O4. The Morgan fingerprint density at radius 3 is 2.35 bits per heavy atom. The Hall–Kier alpha value is -4.60. The van der Waals surface area contributed by atoms with Crippen LogP contribution in [0.4, 0.5) is 5.82 Å². The van der Waals surface area contributed by atoms with Crippen molar-refractivity contribution in [3.8, 4) is 22.8 Å². The van der Waals surface area contributed by atoms with Crippen molar-refractivity contribution in [2.24, 2.45) is 5.73 Å². The lowest BCUT2D eigenvalue weighted by Crippen LogP contribution is -2.40. The van der Waals surface area contributed by atoms with Crippen molar-refractivity contribution in [1.82, 2.24) is 19.6 Å². The molecule has 0 spiro atoms. The molecule has 192 valence electrons. The van der Waals surface area contributed by atoms with Crippen molar-refractivity contribution in [2.75, 3.05) is 32.9 Å². The number of amides is 3. The van der Waals surface area contributed by atoms with Gasteiger partial charge in [-0.05, 0) is 49.2 Å². The minimum atomic E-state index is -0.683. The number of carbonyl (C=O) groups is 3. The Labute approximate surface area is 215 Å². The van der Waals surface area contributed by atoms with Crippen LogP contribution in [0, 0.1) is 0 Å². The molecule has 37 heavy (non-hydrogen) atoms. The molecule has 10 nitrogen and oxygen atoms in total. The average molecular weight is 503 g/mol. The third kappa shape index (κ3) is 5.80. The van der Waals surface area contributed by atoms with Gasteiger partial charge in [0.05, 0.1) is 6.04 Å². The fourth-order valence-corrected chi connectivity index (χ4v) is 4.23. The van der Waals surface area contributed by atoms with E-state index in [9.17, 15) is 14.4 Å². The molecule has 1 aromatic heterocycles. The topological polar surface area (TPSA) is 137 Å². The molecule has 2 aromatic carbocycles. The summed E-state index contributed by atoms with van der Waals surface area (Å²) < 4.78 is 7.43. The van der Waals surface area contributed by atoms with Crippen LogP contribution in [0.25, 0.3) is 11.3 Å². The summed E-state index contributed by atoms with van der Waals surface area (Å²) >= 11 is 0. The van der Waals surface area contributed by atoms with Crippen LogP contribution >= 0.6 is 0 Å². The number of para-hydroxylation sites is 1. The Kier molecular flexibility index (Phi) is 7.57. The van der Waals surface area contributed by atoms with E-state index < -0.39 is 5.91 Å². The molecule has 3 aromatic rings. The van der Waals surface area contributed by atoms with Gasteiger partial charge in [0.15, 0.2) is 0 Å². The first-order valence-electron chi connectivity index (χ1n) is 11.9. The van der Waals surface area contributed by atoms with Gasteiger partial charge in [-0.15, -0.1) is 0 Å². The maximum absolute atomic E-state index is 12.7. The summed E-state index contributed by atoms with van der Waals surface area (Å²) in [5.41, 5.74) is 13.2. The summed E-state index contributed by atoms with van der Waals surface area (Å²) in [4.78, 5) is 39.9. The molecule has 10 heteroatoms. The zero-order valence-corrected chi connectivity index (χ0v) is 20.8. The molecule has 1 atom stereocenters. The molecule has 1 aliphatic heterocycles. The Balaban J connectivity index is 1.56. The Morgan fingerprint density at radius 2 is 1.70 bits per heavy atom. The van der Waals surface area contributed by atoms with E-state index >= 15 is 0 Å². The molecule has 0 aliphatic carbocycles. The number of hydrogen-bond acceptors (Lipinski definition) is 6. The van der Waals surface area contributed by atoms with E-state index in [2.05, 4.69) is 5.10 Å². The number of anilines is 1. The normalized spacial score (nSPS) is 15.5. The van der Waals surface area contributed by atoms with Crippen molar-refractivity contribution >= 4 is 23.5 Å². The number of piperidine rings is 1. The molecule has 4 rings (SSSR count). The lowest BCUT2D eigenvalue weighted by Gasteiger charge is -2.32. The summed E-state index contributed by atoms with van der Waals surface area (Å²) in [7, 11) is 3.23. The minimum absolute atomic E-state index is 0.136. The molecule has 1 aliphatic rings. The SMILES string of the molecule is CN(C)C(=O)/C=C/C(=O)N1CCCC(n2nc(-c3ccc(Oc4ccccc4)cc3)c(C(N)=O)c2N)C1. The fourth-order valence-electron chi connectivity index (χ4n) is 4.23. The van der Waals surface area contributed by atoms with Crippen LogP contribution in [0.15, 0.2) is 66.7 Å². The highest BCUT2D eigenvalue weighted by Gasteiger charge is 2.29. The second-order valence-corrected chi connectivity index (χ2v) is 9.00. The highest BCUT2D eigenvalue weighted by molar-refractivity contribution is 6.03. The average Bonchev–Trinajstić information content (AvgIpc) is 3.25. The van der Waals surface area contributed by atoms with Crippen molar-refractivity contribution in [3.63, 3.8) is 0 Å². The Morgan fingerprint density at radius 1 is 1.03 bits per heavy atom. The zero-order valence-electron chi connectivity index (χ0n) is 20.8. The van der Waals surface area contributed by atoms with Crippen LogP contribution in [-0.2, 0) is 9.59 Å². The molecule has 0 bridgehead atoms. The monoisotopic (exact) mass is 502 g/mol. The van der Waals surface area contributed by atoms with Gasteiger partial charge in [-0.2, -0.15) is 5.10 Å². The maximum Gasteiger partial charge on any atom is 0.254 e. The van der Waals surface area contributed by atoms with Gasteiger partial charge < -0.3 is 26.0 Å². The fraction of sp³-hybridized carbons (Fsp3) is 0.259. The third-order valence-electron chi connectivity index (χ3n) is 6.16. The lowest BCUT2D eigenvalue weighted by atomic mass is 10.1. The molecule has 0 radical (unpaired) electrons. The van der Waals surface area contributed by atoms with Gasteiger partial charge >= 0.3 is 0 Å². The number of nitrogens with two attached hydrogens (primary N) is 2. The van der Waals surface area contributed by atoms with E-state index in [4.69, 9.17) is 16.2 Å². The van der Waals surface area contributed by atoms with Crippen molar-refractivity contribution in [1.29, 1.82) is 0 Å². The Bertz CT molecular complexity index is 1310. The molecule has 0 saturated carbocycles. The van der Waals surface area contributed by atoms with Crippen LogP contribution in [0.5, 0.6) is 11.5 Å². The smallest absolute Gasteiger partial charge is 0.254 e. The van der Waals surface area contributed by atoms with Crippen LogP contribution in [0.1, 0.15) is 29.2 Å². The molecular weight excluding hydrogens is 472 g/mol. The predicted octanol–water partition coefficient (Wildman–Crippen LogP) is 2.83. The van der Waals surface area contributed by atoms with Crippen LogP contribution in [0.3, 0.4) is 0 Å². The molecule has 2 heterocycles. The molecule has 3 amide bonds. The lowest BCUT2D eigenvalue weighted by molar-refractivity contribution is -0.128. The van der Waals surface area contributed by atoms with E-state index in [-0.39, 0.29) is 29.2 Å². The number of benzene rings is 2. The number of aromatic nitrogens is 2. The number of carbonyl (C=O) groups excluding carboxylic acids is 3. The number of likely N-dealkylation sites (tertiary alicyclic amines) is 1. The van der Waals surface area contributed by atoms with E-state index in [1.54, 1.807) is 47.9 Å². The van der Waals surface area contributed by atoms with Crippen molar-refractivity contribution in [3.05, 3.63) is 72.3 Å². The van der Waals surface area contributed by atoms with Gasteiger partial charge in [0.25, 0.3) is 5.91 Å². The van der Waals surface area contributed by atoms with Crippen LogP contribution in [-0.4, -0.2) is 64.5 Å². The summed E-state index contributed by atoms with van der Waals surface area (Å²) in [5.74, 6) is 0.273. The van der Waals surface area contributed by atoms with Crippen molar-refractivity contribution < 1.29 is 19.1 Å². The summed E-state index contributed by atoms with van der Waals surface area (Å²) in [6, 6.07) is 16.3. The van der Waals surface area contributed by atoms with Gasteiger partial charge in [-0.1, -0.05) is 18.2 Å². The number of nitrogens with zero attached hydrogens (tertiary/aromatic N) is 4. The summed E-state index contributed by atoms with van der Waals surface area (Å²) in [5, 5.41) is 4.66. The quantitative estimate of drug-likeness (QED) is 0.477. The van der Waals surface area contributed by atoms with Gasteiger partial charge in [-0.25, -0.2) is 4.68 Å². The summed E-state index contributed by atoms with van der Waals surface area (Å²) in [6.07, 6.45) is 3.97. The van der Waals surface area contributed by atoms with Gasteiger partial charge in [0.1, 0.15) is 28.6 Å². The van der Waals surface area contributed by atoms with Gasteiger partial charge in [0, 0.05) is 44.9 Å². The van der Waals surface area contributed by atoms with Crippen molar-refractivity contribution in [2.45, 2.75) is 18.9 Å². The number of rotatable bonds is 7. The highest BCUT2D eigenvalue weighted by atomic mass is 16.5. The first-order valence-corrected chi connectivity index (χ1v) is 11.9. The molecule has 4 N–H and O–H groups in total. The highest BCUT2D eigenvalue weighted by Crippen LogP contribution is 2.33. The second kappa shape index (κ2) is 11.0. The van der Waals surface area contributed by atoms with E-state index in [1.165, 1.54) is 17.1 Å². The van der Waals surface area contributed by atoms with E-state index in [0.29, 0.717) is 35.8 Å². The van der Waals surface area contributed by atoms with E-state index in [0.717, 1.165) is 12.8 Å². The number of ether oxygens (including phenoxy) is 1. The standard InChI is InChI=1S/C27H30N6O4/c1-31(2)22(34)14-15-23(35)32-16-6-7-19(17-32)33-26(28)24(27(29)36)25(30-33)18-10-12-21(13-11-18)37-20-8-4-3-5-9-20/h3-5,8-15,19H,6-7,16-17,28H2,1-2H3,(H2,29,36)/b15-14+. The minimum Gasteiger partial charge on any atom is -0.457 e. The molecule has 1 unspecified atom stereocenters. The van der Waals surface area contributed by atoms with Crippen LogP contribution < -0.4 is 16.2 Å². The number of nitrogen functional groups attached to an aromatic ring is 1.